The smallest absolute Gasteiger partial charge is 0.268 e. The first kappa shape index (κ1) is 21.5. The molecule has 2 heterocycles. The van der Waals surface area contributed by atoms with Gasteiger partial charge in [-0.25, -0.2) is 12.4 Å². The molecule has 7 heteroatoms. The van der Waals surface area contributed by atoms with E-state index < -0.39 is 10.0 Å². The van der Waals surface area contributed by atoms with Gasteiger partial charge in [0.05, 0.1) is 20.5 Å². The monoisotopic (exact) mass is 484 g/mol. The number of aromatic nitrogens is 1. The molecule has 1 saturated heterocycles. The first-order valence-electron chi connectivity index (χ1n) is 10.5. The van der Waals surface area contributed by atoms with E-state index in [0.29, 0.717) is 10.5 Å². The van der Waals surface area contributed by atoms with Crippen LogP contribution in [0, 0.1) is 0 Å². The van der Waals surface area contributed by atoms with Gasteiger partial charge < -0.3 is 0 Å². The third kappa shape index (κ3) is 3.95. The number of halogens is 2. The first-order chi connectivity index (χ1) is 15.4. The molecule has 1 aromatic heterocycles. The van der Waals surface area contributed by atoms with Crippen LogP contribution in [0.2, 0.25) is 10.0 Å². The van der Waals surface area contributed by atoms with E-state index in [9.17, 15) is 8.42 Å². The third-order valence-electron chi connectivity index (χ3n) is 6.12. The molecular weight excluding hydrogens is 463 g/mol. The molecule has 0 N–H and O–H groups in total. The van der Waals surface area contributed by atoms with E-state index in [0.717, 1.165) is 37.0 Å². The van der Waals surface area contributed by atoms with Crippen molar-refractivity contribution in [3.05, 3.63) is 100 Å². The molecule has 1 fully saturated rings. The highest BCUT2D eigenvalue weighted by molar-refractivity contribution is 7.90. The molecule has 0 aliphatic carbocycles. The average molecular weight is 485 g/mol. The molecule has 4 aromatic rings. The molecule has 1 aliphatic heterocycles. The molecule has 0 spiro atoms. The van der Waals surface area contributed by atoms with Crippen molar-refractivity contribution in [2.24, 2.45) is 0 Å². The van der Waals surface area contributed by atoms with Crippen LogP contribution in [-0.4, -0.2) is 30.4 Å². The van der Waals surface area contributed by atoms with Crippen LogP contribution >= 0.6 is 23.2 Å². The van der Waals surface area contributed by atoms with Gasteiger partial charge in [0.2, 0.25) is 0 Å². The summed E-state index contributed by atoms with van der Waals surface area (Å²) in [4.78, 5) is 2.55. The summed E-state index contributed by atoms with van der Waals surface area (Å²) >= 11 is 12.1. The molecule has 0 saturated carbocycles. The Bertz CT molecular complexity index is 1380. The summed E-state index contributed by atoms with van der Waals surface area (Å²) in [5.41, 5.74) is 3.03. The fraction of sp³-hybridized carbons (Fsp3) is 0.200. The van der Waals surface area contributed by atoms with E-state index >= 15 is 0 Å². The molecule has 1 atom stereocenters. The summed E-state index contributed by atoms with van der Waals surface area (Å²) in [6, 6.07) is 22.5. The Balaban J connectivity index is 1.50. The lowest BCUT2D eigenvalue weighted by atomic mass is 9.98. The summed E-state index contributed by atoms with van der Waals surface area (Å²) in [5.74, 6) is 0.272. The number of hydrogen-bond acceptors (Lipinski definition) is 3. The fourth-order valence-electron chi connectivity index (χ4n) is 4.52. The molecule has 1 unspecified atom stereocenters. The van der Waals surface area contributed by atoms with Gasteiger partial charge in [-0.05, 0) is 54.3 Å². The standard InChI is InChI=1S/C25H22Cl2N2O2S/c26-23-11-10-20(14-24(23)27)32(30,31)29-17-22(21-8-4-5-9-25(21)29)19-12-13-28(16-19)15-18-6-2-1-3-7-18/h1-11,14,17,19H,12-13,15-16H2. The lowest BCUT2D eigenvalue weighted by molar-refractivity contribution is 0.327. The highest BCUT2D eigenvalue weighted by Crippen LogP contribution is 2.36. The van der Waals surface area contributed by atoms with Crippen molar-refractivity contribution in [1.82, 2.24) is 8.87 Å². The number of fused-ring (bicyclic) bond motifs is 1. The van der Waals surface area contributed by atoms with Gasteiger partial charge in [-0.15, -0.1) is 0 Å². The Morgan fingerprint density at radius 3 is 2.44 bits per heavy atom. The van der Waals surface area contributed by atoms with E-state index in [1.54, 1.807) is 6.20 Å². The third-order valence-corrected chi connectivity index (χ3v) is 8.53. The lowest BCUT2D eigenvalue weighted by Gasteiger charge is -2.16. The minimum atomic E-state index is -3.82. The quantitative estimate of drug-likeness (QED) is 0.339. The normalized spacial score (nSPS) is 17.2. The van der Waals surface area contributed by atoms with Gasteiger partial charge in [0.1, 0.15) is 0 Å². The van der Waals surface area contributed by atoms with Crippen molar-refractivity contribution >= 4 is 44.1 Å². The summed E-state index contributed by atoms with van der Waals surface area (Å²) in [6.45, 7) is 2.78. The highest BCUT2D eigenvalue weighted by atomic mass is 35.5. The molecule has 164 valence electrons. The number of para-hydroxylation sites is 1. The summed E-state index contributed by atoms with van der Waals surface area (Å²) in [5, 5.41) is 1.52. The van der Waals surface area contributed by atoms with Crippen molar-refractivity contribution < 1.29 is 8.42 Å². The number of likely N-dealkylation sites (tertiary alicyclic amines) is 1. The van der Waals surface area contributed by atoms with Crippen molar-refractivity contribution in [3.63, 3.8) is 0 Å². The Hall–Kier alpha value is -2.31. The van der Waals surface area contributed by atoms with Gasteiger partial charge in [0, 0.05) is 24.7 Å². The van der Waals surface area contributed by atoms with Gasteiger partial charge in [0.25, 0.3) is 10.0 Å². The van der Waals surface area contributed by atoms with Crippen molar-refractivity contribution in [2.45, 2.75) is 23.8 Å². The van der Waals surface area contributed by atoms with E-state index in [1.807, 2.05) is 30.3 Å². The Labute approximate surface area is 198 Å². The molecule has 32 heavy (non-hydrogen) atoms. The minimum Gasteiger partial charge on any atom is -0.298 e. The van der Waals surface area contributed by atoms with Crippen molar-refractivity contribution in [2.75, 3.05) is 13.1 Å². The average Bonchev–Trinajstić information content (AvgIpc) is 3.41. The molecule has 3 aromatic carbocycles. The Kier molecular flexibility index (Phi) is 5.76. The summed E-state index contributed by atoms with van der Waals surface area (Å²) in [6.07, 6.45) is 2.78. The molecule has 0 radical (unpaired) electrons. The summed E-state index contributed by atoms with van der Waals surface area (Å²) < 4.78 is 28.4. The predicted molar refractivity (Wildman–Crippen MR) is 130 cm³/mol. The van der Waals surface area contributed by atoms with Crippen molar-refractivity contribution in [1.29, 1.82) is 0 Å². The molecule has 1 aliphatic rings. The van der Waals surface area contributed by atoms with Crippen LogP contribution in [-0.2, 0) is 16.6 Å². The first-order valence-corrected chi connectivity index (χ1v) is 12.7. The number of rotatable bonds is 5. The second-order valence-electron chi connectivity index (χ2n) is 8.18. The second kappa shape index (κ2) is 8.56. The maximum absolute atomic E-state index is 13.5. The van der Waals surface area contributed by atoms with Crippen LogP contribution in [0.5, 0.6) is 0 Å². The SMILES string of the molecule is O=S(=O)(c1ccc(Cl)c(Cl)c1)n1cc(C2CCN(Cc3ccccc3)C2)c2ccccc21. The number of benzene rings is 3. The zero-order valence-corrected chi connectivity index (χ0v) is 19.6. The van der Waals surface area contributed by atoms with Crippen molar-refractivity contribution in [3.8, 4) is 0 Å². The van der Waals surface area contributed by atoms with E-state index in [-0.39, 0.29) is 15.8 Å². The van der Waals surface area contributed by atoms with E-state index in [2.05, 4.69) is 29.2 Å². The largest absolute Gasteiger partial charge is 0.298 e. The van der Waals surface area contributed by atoms with Gasteiger partial charge in [0.15, 0.2) is 0 Å². The van der Waals surface area contributed by atoms with Gasteiger partial charge in [-0.2, -0.15) is 0 Å². The van der Waals surface area contributed by atoms with Crippen LogP contribution in [0.4, 0.5) is 0 Å². The lowest BCUT2D eigenvalue weighted by Crippen LogP contribution is -2.19. The molecule has 0 amide bonds. The Morgan fingerprint density at radius 1 is 0.906 bits per heavy atom. The molecule has 4 nitrogen and oxygen atoms in total. The maximum atomic E-state index is 13.5. The number of hydrogen-bond donors (Lipinski definition) is 0. The van der Waals surface area contributed by atoms with E-state index in [1.165, 1.54) is 27.7 Å². The topological polar surface area (TPSA) is 42.3 Å². The predicted octanol–water partition coefficient (Wildman–Crippen LogP) is 6.17. The summed E-state index contributed by atoms with van der Waals surface area (Å²) in [7, 11) is -3.82. The van der Waals surface area contributed by atoms with Crippen LogP contribution in [0.1, 0.15) is 23.5 Å². The zero-order valence-electron chi connectivity index (χ0n) is 17.3. The second-order valence-corrected chi connectivity index (χ2v) is 10.8. The van der Waals surface area contributed by atoms with Gasteiger partial charge in [-0.1, -0.05) is 71.7 Å². The minimum absolute atomic E-state index is 0.122. The fourth-order valence-corrected chi connectivity index (χ4v) is 6.29. The van der Waals surface area contributed by atoms with Crippen LogP contribution < -0.4 is 0 Å². The van der Waals surface area contributed by atoms with Gasteiger partial charge in [-0.3, -0.25) is 4.90 Å². The van der Waals surface area contributed by atoms with Crippen LogP contribution in [0.15, 0.2) is 83.9 Å². The number of nitrogens with zero attached hydrogens (tertiary/aromatic N) is 2. The molecule has 0 bridgehead atoms. The maximum Gasteiger partial charge on any atom is 0.268 e. The Morgan fingerprint density at radius 2 is 1.66 bits per heavy atom. The van der Waals surface area contributed by atoms with Gasteiger partial charge >= 0.3 is 0 Å². The van der Waals surface area contributed by atoms with E-state index in [4.69, 9.17) is 23.2 Å². The van der Waals surface area contributed by atoms with Crippen LogP contribution in [0.25, 0.3) is 10.9 Å². The van der Waals surface area contributed by atoms with Crippen LogP contribution in [0.3, 0.4) is 0 Å². The highest BCUT2D eigenvalue weighted by Gasteiger charge is 2.29. The molecule has 5 rings (SSSR count). The zero-order chi connectivity index (χ0) is 22.3. The molecular formula is C25H22Cl2N2O2S.